The second-order valence-corrected chi connectivity index (χ2v) is 8.70. The van der Waals surface area contributed by atoms with E-state index in [1.54, 1.807) is 24.3 Å². The van der Waals surface area contributed by atoms with Gasteiger partial charge < -0.3 is 14.3 Å². The number of benzene rings is 2. The lowest BCUT2D eigenvalue weighted by atomic mass is 10.1. The molecule has 0 saturated carbocycles. The van der Waals surface area contributed by atoms with Crippen LogP contribution in [0.3, 0.4) is 0 Å². The molecule has 1 N–H and O–H groups in total. The van der Waals surface area contributed by atoms with Gasteiger partial charge in [-0.15, -0.1) is 0 Å². The van der Waals surface area contributed by atoms with Crippen LogP contribution in [0.25, 0.3) is 27.7 Å². The van der Waals surface area contributed by atoms with Gasteiger partial charge in [-0.05, 0) is 48.5 Å². The molecular weight excluding hydrogens is 497 g/mol. The van der Waals surface area contributed by atoms with E-state index in [0.29, 0.717) is 10.6 Å². The van der Waals surface area contributed by atoms with Crippen LogP contribution in [0.15, 0.2) is 90.7 Å². The molecule has 0 atom stereocenters. The predicted octanol–water partition coefficient (Wildman–Crippen LogP) is 5.38. The Bertz CT molecular complexity index is 1760. The van der Waals surface area contributed by atoms with E-state index in [4.69, 9.17) is 9.15 Å². The molecule has 0 aliphatic rings. The molecule has 5 aromatic rings. The quantitative estimate of drug-likeness (QED) is 0.323. The highest BCUT2D eigenvalue weighted by molar-refractivity contribution is 7.99. The van der Waals surface area contributed by atoms with Crippen LogP contribution >= 0.6 is 11.8 Å². The number of aromatic nitrogens is 2. The van der Waals surface area contributed by atoms with Crippen LogP contribution in [-0.4, -0.2) is 21.8 Å². The smallest absolute Gasteiger partial charge is 0.416 e. The van der Waals surface area contributed by atoms with Crippen LogP contribution < -0.4 is 15.9 Å². The normalized spacial score (nSPS) is 11.8. The van der Waals surface area contributed by atoms with Gasteiger partial charge in [0.25, 0.3) is 5.56 Å². The number of hydrogen-bond donors (Lipinski definition) is 1. The van der Waals surface area contributed by atoms with Gasteiger partial charge in [-0.2, -0.15) is 13.2 Å². The maximum absolute atomic E-state index is 13.6. The third kappa shape index (κ3) is 3.97. The Morgan fingerprint density at radius 2 is 1.83 bits per heavy atom. The molecule has 0 spiro atoms. The highest BCUT2D eigenvalue weighted by Gasteiger charge is 2.31. The van der Waals surface area contributed by atoms with Crippen molar-refractivity contribution >= 4 is 33.8 Å². The van der Waals surface area contributed by atoms with E-state index < -0.39 is 28.7 Å². The standard InChI is InChI=1S/C25H15F3N2O5S/c1-34-15-7-3-8-16(12-15)36-21-19(31)18-20(35-24(21)33)17-9-4-10-29-22(17)30(23(18)32)14-6-2-5-13(11-14)25(26,27)28/h2-12,31H,1H3. The summed E-state index contributed by atoms with van der Waals surface area (Å²) >= 11 is 0.858. The number of nitrogens with zero attached hydrogens (tertiary/aromatic N) is 2. The second-order valence-electron chi connectivity index (χ2n) is 7.62. The molecule has 0 unspecified atom stereocenters. The van der Waals surface area contributed by atoms with Gasteiger partial charge in [0.1, 0.15) is 16.0 Å². The number of pyridine rings is 2. The predicted molar refractivity (Wildman–Crippen MR) is 127 cm³/mol. The molecule has 11 heteroatoms. The maximum atomic E-state index is 13.6. The third-order valence-electron chi connectivity index (χ3n) is 5.41. The van der Waals surface area contributed by atoms with Crippen molar-refractivity contribution in [2.24, 2.45) is 0 Å². The summed E-state index contributed by atoms with van der Waals surface area (Å²) in [6, 6.07) is 13.8. The van der Waals surface area contributed by atoms with Gasteiger partial charge in [0.2, 0.25) is 0 Å². The molecule has 5 rings (SSSR count). The molecule has 0 radical (unpaired) electrons. The first-order valence-electron chi connectivity index (χ1n) is 10.4. The van der Waals surface area contributed by atoms with E-state index in [2.05, 4.69) is 4.98 Å². The van der Waals surface area contributed by atoms with Crippen LogP contribution in [0.4, 0.5) is 13.2 Å². The van der Waals surface area contributed by atoms with Crippen LogP contribution in [0, 0.1) is 0 Å². The summed E-state index contributed by atoms with van der Waals surface area (Å²) in [4.78, 5) is 30.9. The fourth-order valence-corrected chi connectivity index (χ4v) is 4.67. The average molecular weight is 512 g/mol. The van der Waals surface area contributed by atoms with E-state index in [1.165, 1.54) is 37.6 Å². The van der Waals surface area contributed by atoms with Crippen LogP contribution in [0.5, 0.6) is 11.5 Å². The van der Waals surface area contributed by atoms with E-state index in [-0.39, 0.29) is 32.6 Å². The van der Waals surface area contributed by atoms with E-state index >= 15 is 0 Å². The molecule has 0 fully saturated rings. The van der Waals surface area contributed by atoms with Crippen LogP contribution in [0.2, 0.25) is 0 Å². The van der Waals surface area contributed by atoms with Gasteiger partial charge in [-0.25, -0.2) is 9.78 Å². The fourth-order valence-electron chi connectivity index (χ4n) is 3.79. The SMILES string of the molecule is COc1cccc(Sc2c(O)c3c(=O)n(-c4cccc(C(F)(F)F)c4)c4ncccc4c3oc2=O)c1. The van der Waals surface area contributed by atoms with Crippen LogP contribution in [-0.2, 0) is 6.18 Å². The summed E-state index contributed by atoms with van der Waals surface area (Å²) in [5.41, 5.74) is -3.13. The molecule has 36 heavy (non-hydrogen) atoms. The minimum atomic E-state index is -4.64. The minimum Gasteiger partial charge on any atom is -0.505 e. The fraction of sp³-hybridized carbons (Fsp3) is 0.0800. The molecular formula is C25H15F3N2O5S. The first kappa shape index (κ1) is 23.5. The van der Waals surface area contributed by atoms with Gasteiger partial charge >= 0.3 is 11.8 Å². The van der Waals surface area contributed by atoms with Gasteiger partial charge in [-0.3, -0.25) is 9.36 Å². The average Bonchev–Trinajstić information content (AvgIpc) is 2.86. The molecule has 2 aromatic carbocycles. The zero-order valence-electron chi connectivity index (χ0n) is 18.4. The zero-order chi connectivity index (χ0) is 25.6. The Kier molecular flexibility index (Phi) is 5.71. The lowest BCUT2D eigenvalue weighted by Gasteiger charge is -2.15. The Hall–Kier alpha value is -4.25. The van der Waals surface area contributed by atoms with Crippen molar-refractivity contribution in [1.29, 1.82) is 0 Å². The van der Waals surface area contributed by atoms with Gasteiger partial charge in [0.15, 0.2) is 17.0 Å². The number of ether oxygens (including phenoxy) is 1. The van der Waals surface area contributed by atoms with E-state index in [1.807, 2.05) is 0 Å². The molecule has 3 aromatic heterocycles. The summed E-state index contributed by atoms with van der Waals surface area (Å²) in [5.74, 6) is -0.140. The summed E-state index contributed by atoms with van der Waals surface area (Å²) < 4.78 is 51.7. The molecule has 0 aliphatic carbocycles. The monoisotopic (exact) mass is 512 g/mol. The number of methoxy groups -OCH3 is 1. The zero-order valence-corrected chi connectivity index (χ0v) is 19.2. The molecule has 0 saturated heterocycles. The second kappa shape index (κ2) is 8.76. The Labute approximate surface area is 204 Å². The van der Waals surface area contributed by atoms with Crippen molar-refractivity contribution in [1.82, 2.24) is 9.55 Å². The summed E-state index contributed by atoms with van der Waals surface area (Å²) in [6.07, 6.45) is -3.29. The van der Waals surface area contributed by atoms with Crippen molar-refractivity contribution in [2.45, 2.75) is 16.0 Å². The summed E-state index contributed by atoms with van der Waals surface area (Å²) in [6.45, 7) is 0. The van der Waals surface area contributed by atoms with E-state index in [0.717, 1.165) is 28.5 Å². The Balaban J connectivity index is 1.82. The number of fused-ring (bicyclic) bond motifs is 3. The Morgan fingerprint density at radius 1 is 1.06 bits per heavy atom. The Morgan fingerprint density at radius 3 is 2.58 bits per heavy atom. The number of aromatic hydroxyl groups is 1. The number of rotatable bonds is 4. The molecule has 0 bridgehead atoms. The maximum Gasteiger partial charge on any atom is 0.416 e. The molecule has 182 valence electrons. The molecule has 3 heterocycles. The summed E-state index contributed by atoms with van der Waals surface area (Å²) in [5, 5.41) is 10.9. The number of hydrogen-bond acceptors (Lipinski definition) is 7. The molecule has 7 nitrogen and oxygen atoms in total. The van der Waals surface area contributed by atoms with Crippen molar-refractivity contribution in [3.05, 3.63) is 93.2 Å². The van der Waals surface area contributed by atoms with E-state index in [9.17, 15) is 27.9 Å². The summed E-state index contributed by atoms with van der Waals surface area (Å²) in [7, 11) is 1.47. The minimum absolute atomic E-state index is 0.0370. The number of halogens is 3. The molecule has 0 amide bonds. The highest BCUT2D eigenvalue weighted by Crippen LogP contribution is 2.38. The van der Waals surface area contributed by atoms with Gasteiger partial charge in [0.05, 0.1) is 23.7 Å². The first-order valence-corrected chi connectivity index (χ1v) is 11.2. The first-order chi connectivity index (χ1) is 17.2. The lowest BCUT2D eigenvalue weighted by molar-refractivity contribution is -0.137. The topological polar surface area (TPSA) is 94.6 Å². The van der Waals surface area contributed by atoms with Crippen LogP contribution in [0.1, 0.15) is 5.56 Å². The van der Waals surface area contributed by atoms with Gasteiger partial charge in [-0.1, -0.05) is 23.9 Å². The highest BCUT2D eigenvalue weighted by atomic mass is 32.2. The largest absolute Gasteiger partial charge is 0.505 e. The van der Waals surface area contributed by atoms with Gasteiger partial charge in [0, 0.05) is 11.1 Å². The lowest BCUT2D eigenvalue weighted by Crippen LogP contribution is -2.22. The van der Waals surface area contributed by atoms with Crippen molar-refractivity contribution in [2.75, 3.05) is 7.11 Å². The molecule has 0 aliphatic heterocycles. The van der Waals surface area contributed by atoms with Crippen molar-refractivity contribution in [3.63, 3.8) is 0 Å². The van der Waals surface area contributed by atoms with Crippen molar-refractivity contribution < 1.29 is 27.4 Å². The third-order valence-corrected chi connectivity index (χ3v) is 6.47. The van der Waals surface area contributed by atoms with Crippen molar-refractivity contribution in [3.8, 4) is 17.2 Å². The number of alkyl halides is 3.